The lowest BCUT2D eigenvalue weighted by Crippen LogP contribution is -2.19. The second-order valence-corrected chi connectivity index (χ2v) is 4.47. The first-order chi connectivity index (χ1) is 9.13. The lowest BCUT2D eigenvalue weighted by molar-refractivity contribution is -0.118. The Hall–Kier alpha value is -1.63. The highest BCUT2D eigenvalue weighted by atomic mass is 16.4. The third-order valence-corrected chi connectivity index (χ3v) is 2.64. The van der Waals surface area contributed by atoms with Crippen molar-refractivity contribution < 1.29 is 9.21 Å². The van der Waals surface area contributed by atoms with Crippen molar-refractivity contribution in [3.05, 3.63) is 5.89 Å². The fourth-order valence-corrected chi connectivity index (χ4v) is 1.55. The quantitative estimate of drug-likeness (QED) is 0.551. The van der Waals surface area contributed by atoms with E-state index in [0.717, 1.165) is 25.8 Å². The highest BCUT2D eigenvalue weighted by molar-refractivity contribution is 5.73. The van der Waals surface area contributed by atoms with E-state index < -0.39 is 0 Å². The molecule has 0 aliphatic rings. The van der Waals surface area contributed by atoms with Crippen molar-refractivity contribution in [3.8, 4) is 0 Å². The molecule has 0 radical (unpaired) electrons. The smallest absolute Gasteiger partial charge is 0.315 e. The van der Waals surface area contributed by atoms with Gasteiger partial charge in [0, 0.05) is 13.0 Å². The number of carbonyl (C=O) groups is 1. The van der Waals surface area contributed by atoms with Gasteiger partial charge in [-0.25, -0.2) is 0 Å². The van der Waals surface area contributed by atoms with E-state index >= 15 is 0 Å². The first kappa shape index (κ1) is 15.4. The normalized spacial score (nSPS) is 12.3. The maximum Gasteiger partial charge on any atom is 0.315 e. The van der Waals surface area contributed by atoms with E-state index in [1.54, 1.807) is 0 Å². The molecule has 0 fully saturated rings. The molecule has 1 aromatic heterocycles. The number of anilines is 1. The molecule has 1 amide bonds. The summed E-state index contributed by atoms with van der Waals surface area (Å²) in [5.41, 5.74) is 5.06. The zero-order valence-corrected chi connectivity index (χ0v) is 11.6. The molecule has 19 heavy (non-hydrogen) atoms. The predicted molar refractivity (Wildman–Crippen MR) is 72.5 cm³/mol. The van der Waals surface area contributed by atoms with Crippen molar-refractivity contribution in [1.82, 2.24) is 15.5 Å². The van der Waals surface area contributed by atoms with Gasteiger partial charge in [-0.05, 0) is 32.7 Å². The number of hydrogen-bond donors (Lipinski definition) is 3. The van der Waals surface area contributed by atoms with Crippen molar-refractivity contribution in [1.29, 1.82) is 0 Å². The van der Waals surface area contributed by atoms with Crippen LogP contribution in [0.1, 0.15) is 51.5 Å². The topological polar surface area (TPSA) is 106 Å². The van der Waals surface area contributed by atoms with Gasteiger partial charge in [-0.2, -0.15) is 0 Å². The minimum Gasteiger partial charge on any atom is -0.406 e. The van der Waals surface area contributed by atoms with E-state index in [1.165, 1.54) is 0 Å². The fourth-order valence-electron chi connectivity index (χ4n) is 1.55. The second kappa shape index (κ2) is 8.47. The third kappa shape index (κ3) is 6.19. The Labute approximate surface area is 113 Å². The number of amides is 1. The van der Waals surface area contributed by atoms with Crippen molar-refractivity contribution in [2.75, 3.05) is 18.4 Å². The van der Waals surface area contributed by atoms with Crippen LogP contribution >= 0.6 is 0 Å². The number of nitrogens with one attached hydrogen (secondary N) is 2. The molecule has 0 saturated carbocycles. The maximum atomic E-state index is 10.6. The number of nitrogens with zero attached hydrogens (tertiary/aromatic N) is 2. The van der Waals surface area contributed by atoms with Crippen LogP contribution in [0.15, 0.2) is 4.42 Å². The Morgan fingerprint density at radius 1 is 1.37 bits per heavy atom. The molecule has 1 rings (SSSR count). The van der Waals surface area contributed by atoms with Crippen molar-refractivity contribution in [2.45, 2.75) is 45.6 Å². The van der Waals surface area contributed by atoms with E-state index in [1.807, 2.05) is 6.92 Å². The second-order valence-electron chi connectivity index (χ2n) is 4.47. The third-order valence-electron chi connectivity index (χ3n) is 2.64. The number of unbranched alkanes of at least 4 members (excludes halogenated alkanes) is 1. The first-order valence-corrected chi connectivity index (χ1v) is 6.72. The van der Waals surface area contributed by atoms with Crippen molar-refractivity contribution in [3.63, 3.8) is 0 Å². The van der Waals surface area contributed by atoms with E-state index in [-0.39, 0.29) is 11.9 Å². The van der Waals surface area contributed by atoms with Crippen LogP contribution in [0.25, 0.3) is 0 Å². The summed E-state index contributed by atoms with van der Waals surface area (Å²) in [4.78, 5) is 10.6. The van der Waals surface area contributed by atoms with Gasteiger partial charge in [-0.1, -0.05) is 12.0 Å². The Balaban J connectivity index is 2.24. The van der Waals surface area contributed by atoms with Gasteiger partial charge in [0.15, 0.2) is 0 Å². The lowest BCUT2D eigenvalue weighted by atomic mass is 10.2. The van der Waals surface area contributed by atoms with Crippen LogP contribution in [-0.4, -0.2) is 29.2 Å². The Kier molecular flexibility index (Phi) is 6.88. The van der Waals surface area contributed by atoms with Gasteiger partial charge in [-0.15, -0.1) is 5.10 Å². The van der Waals surface area contributed by atoms with Crippen LogP contribution in [0.5, 0.6) is 0 Å². The molecule has 7 nitrogen and oxygen atoms in total. The van der Waals surface area contributed by atoms with Crippen molar-refractivity contribution in [2.24, 2.45) is 5.73 Å². The Morgan fingerprint density at radius 3 is 2.84 bits per heavy atom. The molecular weight excluding hydrogens is 246 g/mol. The standard InChI is InChI=1S/C12H23N5O2/c1-3-7-14-9(2)11-16-17-12(19-11)15-8-5-4-6-10(13)18/h9,14H,3-8H2,1-2H3,(H2,13,18)(H,15,17). The minimum absolute atomic E-state index is 0.0536. The first-order valence-electron chi connectivity index (χ1n) is 6.72. The number of primary amides is 1. The van der Waals surface area contributed by atoms with Gasteiger partial charge < -0.3 is 20.8 Å². The van der Waals surface area contributed by atoms with Gasteiger partial charge in [0.05, 0.1) is 6.04 Å². The van der Waals surface area contributed by atoms with Gasteiger partial charge in [0.2, 0.25) is 11.8 Å². The van der Waals surface area contributed by atoms with Crippen LogP contribution in [0.3, 0.4) is 0 Å². The molecule has 4 N–H and O–H groups in total. The monoisotopic (exact) mass is 269 g/mol. The molecule has 1 heterocycles. The summed E-state index contributed by atoms with van der Waals surface area (Å²) in [6.07, 6.45) is 3.07. The molecular formula is C12H23N5O2. The zero-order valence-electron chi connectivity index (χ0n) is 11.6. The van der Waals surface area contributed by atoms with Gasteiger partial charge in [-0.3, -0.25) is 4.79 Å². The van der Waals surface area contributed by atoms with E-state index in [2.05, 4.69) is 27.8 Å². The summed E-state index contributed by atoms with van der Waals surface area (Å²) in [5.74, 6) is 0.309. The lowest BCUT2D eigenvalue weighted by Gasteiger charge is -2.07. The van der Waals surface area contributed by atoms with E-state index in [9.17, 15) is 4.79 Å². The van der Waals surface area contributed by atoms with Crippen LogP contribution in [0, 0.1) is 0 Å². The molecule has 0 aliphatic carbocycles. The molecule has 1 unspecified atom stereocenters. The van der Waals surface area contributed by atoms with E-state index in [4.69, 9.17) is 10.2 Å². The molecule has 0 spiro atoms. The maximum absolute atomic E-state index is 10.6. The summed E-state index contributed by atoms with van der Waals surface area (Å²) in [5, 5.41) is 14.2. The molecule has 0 bridgehead atoms. The number of carbonyl (C=O) groups excluding carboxylic acids is 1. The number of aromatic nitrogens is 2. The van der Waals surface area contributed by atoms with Crippen molar-refractivity contribution >= 4 is 11.9 Å². The van der Waals surface area contributed by atoms with Gasteiger partial charge in [0.1, 0.15) is 0 Å². The fraction of sp³-hybridized carbons (Fsp3) is 0.750. The molecule has 1 aromatic rings. The highest BCUT2D eigenvalue weighted by Crippen LogP contribution is 2.13. The molecule has 108 valence electrons. The van der Waals surface area contributed by atoms with Crippen LogP contribution < -0.4 is 16.4 Å². The van der Waals surface area contributed by atoms with Gasteiger partial charge >= 0.3 is 6.01 Å². The van der Waals surface area contributed by atoms with E-state index in [0.29, 0.717) is 24.9 Å². The SMILES string of the molecule is CCCNC(C)c1nnc(NCCCCC(N)=O)o1. The number of rotatable bonds is 10. The molecule has 7 heteroatoms. The summed E-state index contributed by atoms with van der Waals surface area (Å²) in [7, 11) is 0. The summed E-state index contributed by atoms with van der Waals surface area (Å²) in [6.45, 7) is 5.69. The molecule has 1 atom stereocenters. The predicted octanol–water partition coefficient (Wildman–Crippen LogP) is 1.20. The number of hydrogen-bond acceptors (Lipinski definition) is 6. The zero-order chi connectivity index (χ0) is 14.1. The minimum atomic E-state index is -0.268. The summed E-state index contributed by atoms with van der Waals surface area (Å²) < 4.78 is 5.48. The Morgan fingerprint density at radius 2 is 2.16 bits per heavy atom. The van der Waals surface area contributed by atoms with Crippen LogP contribution in [0.2, 0.25) is 0 Å². The van der Waals surface area contributed by atoms with Crippen LogP contribution in [0.4, 0.5) is 6.01 Å². The average molecular weight is 269 g/mol. The molecule has 0 saturated heterocycles. The number of nitrogens with two attached hydrogens (primary N) is 1. The largest absolute Gasteiger partial charge is 0.406 e. The molecule has 0 aromatic carbocycles. The summed E-state index contributed by atoms with van der Waals surface area (Å²) >= 11 is 0. The average Bonchev–Trinajstić information content (AvgIpc) is 2.84. The van der Waals surface area contributed by atoms with Crippen LogP contribution in [-0.2, 0) is 4.79 Å². The molecule has 0 aliphatic heterocycles. The summed E-state index contributed by atoms with van der Waals surface area (Å²) in [6, 6.07) is 0.470. The van der Waals surface area contributed by atoms with Gasteiger partial charge in [0.25, 0.3) is 0 Å². The highest BCUT2D eigenvalue weighted by Gasteiger charge is 2.12. The Bertz CT molecular complexity index is 380.